The molecule has 21 heavy (non-hydrogen) atoms. The number of aromatic nitrogens is 1. The van der Waals surface area contributed by atoms with Crippen LogP contribution in [-0.2, 0) is 0 Å². The molecule has 1 N–H and O–H groups in total. The fourth-order valence-corrected chi connectivity index (χ4v) is 2.13. The molecular weight excluding hydrogens is 266 g/mol. The molecule has 110 valence electrons. The molecule has 1 atom stereocenters. The number of ether oxygens (including phenoxy) is 1. The summed E-state index contributed by atoms with van der Waals surface area (Å²) < 4.78 is 5.84. The van der Waals surface area contributed by atoms with Gasteiger partial charge in [0.15, 0.2) is 0 Å². The number of hydrogen-bond acceptors (Lipinski definition) is 3. The van der Waals surface area contributed by atoms with Crippen LogP contribution in [0.2, 0.25) is 0 Å². The van der Waals surface area contributed by atoms with Crippen LogP contribution in [0, 0.1) is 6.92 Å². The number of aryl methyl sites for hydroxylation is 1. The minimum Gasteiger partial charge on any atom is -0.478 e. The summed E-state index contributed by atoms with van der Waals surface area (Å²) in [5.74, 6) is 0.585. The monoisotopic (exact) mass is 285 g/mol. The molecule has 1 aromatic carbocycles. The zero-order valence-corrected chi connectivity index (χ0v) is 12.5. The molecule has 2 rings (SSSR count). The maximum Gasteiger partial charge on any atom is 0.337 e. The molecule has 0 amide bonds. The number of nitrogens with zero attached hydrogens (tertiary/aromatic N) is 1. The van der Waals surface area contributed by atoms with Gasteiger partial charge in [0.1, 0.15) is 5.75 Å². The van der Waals surface area contributed by atoms with Crippen molar-refractivity contribution >= 4 is 5.97 Å². The number of carbonyl (C=O) groups is 1. The Kier molecular flexibility index (Phi) is 4.58. The minimum absolute atomic E-state index is 0.192. The van der Waals surface area contributed by atoms with E-state index in [1.165, 1.54) is 6.07 Å². The first kappa shape index (κ1) is 15.0. The van der Waals surface area contributed by atoms with Crippen LogP contribution >= 0.6 is 0 Å². The van der Waals surface area contributed by atoms with E-state index in [9.17, 15) is 4.79 Å². The smallest absolute Gasteiger partial charge is 0.337 e. The molecule has 0 fully saturated rings. The topological polar surface area (TPSA) is 59.4 Å². The Morgan fingerprint density at radius 2 is 2.00 bits per heavy atom. The van der Waals surface area contributed by atoms with Crippen LogP contribution in [0.15, 0.2) is 36.4 Å². The second-order valence-corrected chi connectivity index (χ2v) is 5.04. The number of rotatable bonds is 5. The zero-order valence-electron chi connectivity index (χ0n) is 12.5. The number of carboxylic acids is 1. The normalized spacial score (nSPS) is 12.0. The molecule has 2 aromatic rings. The van der Waals surface area contributed by atoms with Gasteiger partial charge in [-0.15, -0.1) is 0 Å². The van der Waals surface area contributed by atoms with Crippen LogP contribution in [-0.4, -0.2) is 16.1 Å². The Labute approximate surface area is 124 Å². The Morgan fingerprint density at radius 1 is 1.29 bits per heavy atom. The SMILES string of the molecule is CCC(C)c1ccccc1Oc1ccc(C(=O)O)c(C)n1. The Morgan fingerprint density at radius 3 is 2.62 bits per heavy atom. The molecule has 1 heterocycles. The van der Waals surface area contributed by atoms with Crippen LogP contribution in [0.5, 0.6) is 11.6 Å². The first-order chi connectivity index (χ1) is 10.0. The van der Waals surface area contributed by atoms with Crippen molar-refractivity contribution < 1.29 is 14.6 Å². The van der Waals surface area contributed by atoms with Crippen molar-refractivity contribution in [1.82, 2.24) is 4.98 Å². The zero-order chi connectivity index (χ0) is 15.4. The molecule has 0 aliphatic rings. The molecule has 0 radical (unpaired) electrons. The van der Waals surface area contributed by atoms with Crippen LogP contribution in [0.1, 0.15) is 47.8 Å². The Bertz CT molecular complexity index is 652. The quantitative estimate of drug-likeness (QED) is 0.884. The summed E-state index contributed by atoms with van der Waals surface area (Å²) in [6, 6.07) is 11.0. The average molecular weight is 285 g/mol. The van der Waals surface area contributed by atoms with Crippen molar-refractivity contribution in [2.75, 3.05) is 0 Å². The lowest BCUT2D eigenvalue weighted by molar-refractivity contribution is 0.0695. The average Bonchev–Trinajstić information content (AvgIpc) is 2.46. The van der Waals surface area contributed by atoms with Gasteiger partial charge in [0.05, 0.1) is 11.3 Å². The van der Waals surface area contributed by atoms with Crippen molar-refractivity contribution in [3.05, 3.63) is 53.2 Å². The fourth-order valence-electron chi connectivity index (χ4n) is 2.13. The van der Waals surface area contributed by atoms with Gasteiger partial charge in [-0.2, -0.15) is 0 Å². The molecule has 0 saturated heterocycles. The van der Waals surface area contributed by atoms with Crippen molar-refractivity contribution in [2.45, 2.75) is 33.1 Å². The molecule has 1 aromatic heterocycles. The highest BCUT2D eigenvalue weighted by Crippen LogP contribution is 2.31. The highest BCUT2D eigenvalue weighted by molar-refractivity contribution is 5.88. The Hall–Kier alpha value is -2.36. The number of carboxylic acid groups (broad SMARTS) is 1. The first-order valence-electron chi connectivity index (χ1n) is 7.00. The van der Waals surface area contributed by atoms with E-state index < -0.39 is 5.97 Å². The van der Waals surface area contributed by atoms with Crippen LogP contribution in [0.25, 0.3) is 0 Å². The van der Waals surface area contributed by atoms with Gasteiger partial charge >= 0.3 is 5.97 Å². The van der Waals surface area contributed by atoms with Crippen LogP contribution in [0.4, 0.5) is 0 Å². The van der Waals surface area contributed by atoms with E-state index in [1.54, 1.807) is 13.0 Å². The van der Waals surface area contributed by atoms with Gasteiger partial charge in [-0.05, 0) is 37.0 Å². The van der Waals surface area contributed by atoms with Gasteiger partial charge in [-0.1, -0.05) is 32.0 Å². The highest BCUT2D eigenvalue weighted by atomic mass is 16.5. The molecule has 4 heteroatoms. The van der Waals surface area contributed by atoms with Crippen molar-refractivity contribution in [3.63, 3.8) is 0 Å². The van der Waals surface area contributed by atoms with Crippen molar-refractivity contribution in [1.29, 1.82) is 0 Å². The molecule has 4 nitrogen and oxygen atoms in total. The summed E-state index contributed by atoms with van der Waals surface area (Å²) in [6.45, 7) is 5.94. The van der Waals surface area contributed by atoms with E-state index in [0.29, 0.717) is 17.5 Å². The number of pyridine rings is 1. The predicted octanol–water partition coefficient (Wildman–Crippen LogP) is 4.39. The largest absolute Gasteiger partial charge is 0.478 e. The summed E-state index contributed by atoms with van der Waals surface area (Å²) in [4.78, 5) is 15.2. The van der Waals surface area contributed by atoms with E-state index in [0.717, 1.165) is 17.7 Å². The Balaban J connectivity index is 2.31. The van der Waals surface area contributed by atoms with Crippen molar-refractivity contribution in [2.24, 2.45) is 0 Å². The third kappa shape index (κ3) is 3.40. The summed E-state index contributed by atoms with van der Waals surface area (Å²) >= 11 is 0. The number of hydrogen-bond donors (Lipinski definition) is 1. The third-order valence-corrected chi connectivity index (χ3v) is 3.57. The molecule has 0 aliphatic heterocycles. The highest BCUT2D eigenvalue weighted by Gasteiger charge is 2.13. The molecule has 0 aliphatic carbocycles. The van der Waals surface area contributed by atoms with Gasteiger partial charge in [0.25, 0.3) is 0 Å². The molecule has 0 bridgehead atoms. The molecule has 0 spiro atoms. The van der Waals surface area contributed by atoms with Crippen LogP contribution < -0.4 is 4.74 Å². The summed E-state index contributed by atoms with van der Waals surface area (Å²) in [5.41, 5.74) is 1.76. The van der Waals surface area contributed by atoms with Crippen LogP contribution in [0.3, 0.4) is 0 Å². The van der Waals surface area contributed by atoms with E-state index in [2.05, 4.69) is 18.8 Å². The number of benzene rings is 1. The van der Waals surface area contributed by atoms with E-state index in [4.69, 9.17) is 9.84 Å². The van der Waals surface area contributed by atoms with E-state index in [-0.39, 0.29) is 5.56 Å². The lowest BCUT2D eigenvalue weighted by Crippen LogP contribution is -2.03. The number of para-hydroxylation sites is 1. The van der Waals surface area contributed by atoms with Gasteiger partial charge in [0, 0.05) is 6.07 Å². The summed E-state index contributed by atoms with van der Waals surface area (Å²) in [5, 5.41) is 9.01. The summed E-state index contributed by atoms with van der Waals surface area (Å²) in [7, 11) is 0. The minimum atomic E-state index is -0.980. The van der Waals surface area contributed by atoms with Gasteiger partial charge < -0.3 is 9.84 Å². The molecule has 0 saturated carbocycles. The van der Waals surface area contributed by atoms with Gasteiger partial charge in [0.2, 0.25) is 5.88 Å². The second-order valence-electron chi connectivity index (χ2n) is 5.04. The molecular formula is C17H19NO3. The number of aromatic carboxylic acids is 1. The maximum absolute atomic E-state index is 11.0. The van der Waals surface area contributed by atoms with Crippen molar-refractivity contribution in [3.8, 4) is 11.6 Å². The second kappa shape index (κ2) is 6.39. The standard InChI is InChI=1S/C17H19NO3/c1-4-11(2)13-7-5-6-8-15(13)21-16-10-9-14(17(19)20)12(3)18-16/h5-11H,4H2,1-3H3,(H,19,20). The fraction of sp³-hybridized carbons (Fsp3) is 0.294. The summed E-state index contributed by atoms with van der Waals surface area (Å²) in [6.07, 6.45) is 1.02. The predicted molar refractivity (Wildman–Crippen MR) is 81.2 cm³/mol. The van der Waals surface area contributed by atoms with Gasteiger partial charge in [-0.3, -0.25) is 0 Å². The lowest BCUT2D eigenvalue weighted by Gasteiger charge is -2.15. The van der Waals surface area contributed by atoms with E-state index in [1.807, 2.05) is 24.3 Å². The first-order valence-corrected chi connectivity index (χ1v) is 7.00. The maximum atomic E-state index is 11.0. The lowest BCUT2D eigenvalue weighted by atomic mass is 9.98. The van der Waals surface area contributed by atoms with Gasteiger partial charge in [-0.25, -0.2) is 9.78 Å². The van der Waals surface area contributed by atoms with E-state index >= 15 is 0 Å². The third-order valence-electron chi connectivity index (χ3n) is 3.57. The molecule has 1 unspecified atom stereocenters.